The number of aliphatic hydroxyl groups excluding tert-OH is 1. The number of aryl methyl sites for hydroxylation is 1. The third-order valence-electron chi connectivity index (χ3n) is 4.17. The van der Waals surface area contributed by atoms with Gasteiger partial charge in [0.2, 0.25) is 0 Å². The topological polar surface area (TPSA) is 72.5 Å². The van der Waals surface area contributed by atoms with Crippen LogP contribution in [0.25, 0.3) is 0 Å². The number of aromatic amines is 1. The number of H-pyrrole nitrogens is 1. The highest BCUT2D eigenvalue weighted by Crippen LogP contribution is 2.35. The molecule has 0 aliphatic carbocycles. The molecule has 0 saturated carbocycles. The molecule has 1 atom stereocenters. The molecule has 0 spiro atoms. The normalized spacial score (nSPS) is 26.1. The molecule has 0 aromatic carbocycles. The van der Waals surface area contributed by atoms with Crippen LogP contribution in [-0.2, 0) is 0 Å². The lowest BCUT2D eigenvalue weighted by atomic mass is 10.1. The second-order valence-electron chi connectivity index (χ2n) is 5.87. The van der Waals surface area contributed by atoms with Crippen LogP contribution in [0.15, 0.2) is 6.07 Å². The van der Waals surface area contributed by atoms with E-state index in [1.165, 1.54) is 0 Å². The average molecular weight is 300 g/mol. The van der Waals surface area contributed by atoms with Crippen LogP contribution < -0.4 is 0 Å². The van der Waals surface area contributed by atoms with E-state index in [4.69, 9.17) is 0 Å². The Morgan fingerprint density at radius 1 is 1.57 bits per heavy atom. The number of hydrogen-bond donors (Lipinski definition) is 2. The lowest BCUT2D eigenvalue weighted by molar-refractivity contribution is -0.0126. The van der Waals surface area contributed by atoms with Crippen LogP contribution in [0.2, 0.25) is 0 Å². The number of alkyl halides is 2. The molecule has 6 nitrogen and oxygen atoms in total. The molecule has 2 aliphatic rings. The van der Waals surface area contributed by atoms with Gasteiger partial charge >= 0.3 is 0 Å². The molecule has 2 aliphatic heterocycles. The molecule has 1 aromatic rings. The molecule has 1 aromatic heterocycles. The maximum Gasteiger partial charge on any atom is 0.274 e. The van der Waals surface area contributed by atoms with Crippen molar-refractivity contribution >= 4 is 5.91 Å². The third-order valence-corrected chi connectivity index (χ3v) is 4.17. The zero-order chi connectivity index (χ0) is 15.2. The number of amides is 1. The Labute approximate surface area is 120 Å². The quantitative estimate of drug-likeness (QED) is 0.839. The summed E-state index contributed by atoms with van der Waals surface area (Å²) in [5.74, 6) is -2.95. The van der Waals surface area contributed by atoms with E-state index in [2.05, 4.69) is 10.2 Å². The van der Waals surface area contributed by atoms with Gasteiger partial charge in [-0.2, -0.15) is 5.10 Å². The summed E-state index contributed by atoms with van der Waals surface area (Å²) in [5.41, 5.74) is 1.14. The van der Waals surface area contributed by atoms with Gasteiger partial charge in [-0.05, 0) is 13.0 Å². The van der Waals surface area contributed by atoms with Crippen molar-refractivity contribution in [2.75, 3.05) is 26.2 Å². The second kappa shape index (κ2) is 5.03. The molecule has 3 rings (SSSR count). The van der Waals surface area contributed by atoms with E-state index in [0.717, 1.165) is 5.69 Å². The van der Waals surface area contributed by atoms with Crippen LogP contribution in [0, 0.1) is 6.92 Å². The molecule has 2 fully saturated rings. The standard InChI is InChI=1S/C13H18F2N4O2/c1-8-2-11(17-16-8)12(21)18-4-10(5-18)19-7-13(14,15)3-9(19)6-20/h2,9-10,20H,3-7H2,1H3,(H,16,17)/t9-/m0/s1. The van der Waals surface area contributed by atoms with Crippen molar-refractivity contribution in [3.63, 3.8) is 0 Å². The number of carbonyl (C=O) groups is 1. The number of aromatic nitrogens is 2. The van der Waals surface area contributed by atoms with E-state index in [1.54, 1.807) is 22.8 Å². The van der Waals surface area contributed by atoms with Crippen molar-refractivity contribution in [2.45, 2.75) is 31.4 Å². The number of carbonyl (C=O) groups excluding carboxylic acids is 1. The summed E-state index contributed by atoms with van der Waals surface area (Å²) in [6.45, 7) is 1.99. The van der Waals surface area contributed by atoms with Crippen LogP contribution >= 0.6 is 0 Å². The molecule has 3 heterocycles. The highest BCUT2D eigenvalue weighted by molar-refractivity contribution is 5.93. The van der Waals surface area contributed by atoms with Crippen molar-refractivity contribution < 1.29 is 18.7 Å². The molecule has 2 saturated heterocycles. The van der Waals surface area contributed by atoms with Crippen LogP contribution in [-0.4, -0.2) is 75.3 Å². The molecule has 2 N–H and O–H groups in total. The lowest BCUT2D eigenvalue weighted by Crippen LogP contribution is -2.62. The Bertz CT molecular complexity index is 542. The Kier molecular flexibility index (Phi) is 3.45. The van der Waals surface area contributed by atoms with Gasteiger partial charge in [0, 0.05) is 37.3 Å². The molecule has 21 heavy (non-hydrogen) atoms. The van der Waals surface area contributed by atoms with E-state index >= 15 is 0 Å². The van der Waals surface area contributed by atoms with E-state index < -0.39 is 12.0 Å². The number of likely N-dealkylation sites (tertiary alicyclic amines) is 2. The van der Waals surface area contributed by atoms with Gasteiger partial charge in [-0.25, -0.2) is 8.78 Å². The first-order chi connectivity index (χ1) is 9.89. The predicted octanol–water partition coefficient (Wildman–Crippen LogP) is 0.244. The monoisotopic (exact) mass is 300 g/mol. The predicted molar refractivity (Wildman–Crippen MR) is 70.2 cm³/mol. The summed E-state index contributed by atoms with van der Waals surface area (Å²) in [7, 11) is 0. The van der Waals surface area contributed by atoms with Gasteiger partial charge < -0.3 is 10.0 Å². The Hall–Kier alpha value is -1.54. The number of rotatable bonds is 3. The third kappa shape index (κ3) is 2.65. The van der Waals surface area contributed by atoms with Gasteiger partial charge in [0.25, 0.3) is 11.8 Å². The second-order valence-corrected chi connectivity index (χ2v) is 5.87. The van der Waals surface area contributed by atoms with Crippen molar-refractivity contribution in [2.24, 2.45) is 0 Å². The smallest absolute Gasteiger partial charge is 0.274 e. The number of aliphatic hydroxyl groups is 1. The minimum absolute atomic E-state index is 0.112. The SMILES string of the molecule is Cc1cc(C(=O)N2CC(N3CC(F)(F)C[C@H]3CO)C2)n[nH]1. The maximum atomic E-state index is 13.4. The van der Waals surface area contributed by atoms with Gasteiger partial charge in [-0.1, -0.05) is 0 Å². The maximum absolute atomic E-state index is 13.4. The van der Waals surface area contributed by atoms with Crippen molar-refractivity contribution in [3.05, 3.63) is 17.5 Å². The van der Waals surface area contributed by atoms with Gasteiger partial charge in [0.1, 0.15) is 5.69 Å². The molecule has 1 amide bonds. The average Bonchev–Trinajstić information content (AvgIpc) is 2.91. The Balaban J connectivity index is 1.59. The van der Waals surface area contributed by atoms with Crippen LogP contribution in [0.3, 0.4) is 0 Å². The molecule has 0 bridgehead atoms. The Morgan fingerprint density at radius 2 is 2.29 bits per heavy atom. The minimum Gasteiger partial charge on any atom is -0.395 e. The number of halogens is 2. The van der Waals surface area contributed by atoms with Crippen molar-refractivity contribution in [1.29, 1.82) is 0 Å². The number of nitrogens with zero attached hydrogens (tertiary/aromatic N) is 3. The van der Waals surface area contributed by atoms with E-state index in [0.29, 0.717) is 18.8 Å². The fraction of sp³-hybridized carbons (Fsp3) is 0.692. The van der Waals surface area contributed by atoms with E-state index in [1.807, 2.05) is 0 Å². The van der Waals surface area contributed by atoms with Crippen LogP contribution in [0.5, 0.6) is 0 Å². The Morgan fingerprint density at radius 3 is 2.86 bits per heavy atom. The molecule has 0 unspecified atom stereocenters. The molecular weight excluding hydrogens is 282 g/mol. The van der Waals surface area contributed by atoms with Crippen molar-refractivity contribution in [3.8, 4) is 0 Å². The van der Waals surface area contributed by atoms with Gasteiger partial charge in [0.05, 0.1) is 13.2 Å². The molecule has 8 heteroatoms. The van der Waals surface area contributed by atoms with Crippen molar-refractivity contribution in [1.82, 2.24) is 20.0 Å². The van der Waals surface area contributed by atoms with Crippen LogP contribution in [0.4, 0.5) is 8.78 Å². The number of hydrogen-bond acceptors (Lipinski definition) is 4. The summed E-state index contributed by atoms with van der Waals surface area (Å²) in [6, 6.07) is 1.03. The van der Waals surface area contributed by atoms with E-state index in [9.17, 15) is 18.7 Å². The largest absolute Gasteiger partial charge is 0.395 e. The highest BCUT2D eigenvalue weighted by Gasteiger charge is 2.50. The first kappa shape index (κ1) is 14.4. The summed E-state index contributed by atoms with van der Waals surface area (Å²) >= 11 is 0. The molecule has 116 valence electrons. The van der Waals surface area contributed by atoms with Gasteiger partial charge in [-0.15, -0.1) is 0 Å². The summed E-state index contributed by atoms with van der Waals surface area (Å²) < 4.78 is 26.9. The van der Waals surface area contributed by atoms with Gasteiger partial charge in [0.15, 0.2) is 0 Å². The summed E-state index contributed by atoms with van der Waals surface area (Å²) in [4.78, 5) is 15.3. The number of nitrogens with one attached hydrogen (secondary N) is 1. The fourth-order valence-corrected chi connectivity index (χ4v) is 3.04. The first-order valence-corrected chi connectivity index (χ1v) is 6.95. The van der Waals surface area contributed by atoms with Gasteiger partial charge in [-0.3, -0.25) is 14.8 Å². The molecular formula is C13H18F2N4O2. The fourth-order valence-electron chi connectivity index (χ4n) is 3.04. The van der Waals surface area contributed by atoms with Crippen LogP contribution in [0.1, 0.15) is 22.6 Å². The molecule has 0 radical (unpaired) electrons. The first-order valence-electron chi connectivity index (χ1n) is 6.95. The summed E-state index contributed by atoms with van der Waals surface area (Å²) in [5, 5.41) is 15.8. The zero-order valence-corrected chi connectivity index (χ0v) is 11.7. The summed E-state index contributed by atoms with van der Waals surface area (Å²) in [6.07, 6.45) is -0.313. The van der Waals surface area contributed by atoms with E-state index in [-0.39, 0.29) is 31.5 Å². The lowest BCUT2D eigenvalue weighted by Gasteiger charge is -2.45. The highest BCUT2D eigenvalue weighted by atomic mass is 19.3. The zero-order valence-electron chi connectivity index (χ0n) is 11.7. The minimum atomic E-state index is -2.75.